The van der Waals surface area contributed by atoms with Crippen LogP contribution in [-0.4, -0.2) is 34.5 Å². The van der Waals surface area contributed by atoms with Crippen molar-refractivity contribution in [1.29, 1.82) is 0 Å². The number of imide groups is 1. The van der Waals surface area contributed by atoms with E-state index in [4.69, 9.17) is 5.11 Å². The highest BCUT2D eigenvalue weighted by Gasteiger charge is 2.29. The van der Waals surface area contributed by atoms with Crippen molar-refractivity contribution in [3.05, 3.63) is 35.4 Å². The molecule has 0 spiro atoms. The van der Waals surface area contributed by atoms with Crippen LogP contribution in [0.1, 0.15) is 15.9 Å². The van der Waals surface area contributed by atoms with Gasteiger partial charge in [-0.05, 0) is 11.6 Å². The van der Waals surface area contributed by atoms with Gasteiger partial charge in [-0.2, -0.15) is 0 Å². The number of aromatic carboxylic acids is 1. The van der Waals surface area contributed by atoms with E-state index in [1.54, 1.807) is 18.2 Å². The third-order valence-electron chi connectivity index (χ3n) is 2.51. The molecule has 1 aromatic rings. The van der Waals surface area contributed by atoms with Gasteiger partial charge in [0.15, 0.2) is 0 Å². The highest BCUT2D eigenvalue weighted by molar-refractivity contribution is 6.02. The van der Waals surface area contributed by atoms with Gasteiger partial charge in [-0.1, -0.05) is 18.2 Å². The summed E-state index contributed by atoms with van der Waals surface area (Å²) >= 11 is 0. The molecular formula is C11H10N2O4. The van der Waals surface area contributed by atoms with Gasteiger partial charge in [-0.3, -0.25) is 9.69 Å². The smallest absolute Gasteiger partial charge is 0.336 e. The number of carbonyl (C=O) groups excluding carboxylic acids is 2. The second kappa shape index (κ2) is 4.25. The minimum Gasteiger partial charge on any atom is -0.478 e. The molecule has 0 unspecified atom stereocenters. The normalized spacial score (nSPS) is 14.9. The van der Waals surface area contributed by atoms with Crippen molar-refractivity contribution in [3.63, 3.8) is 0 Å². The largest absolute Gasteiger partial charge is 0.478 e. The van der Waals surface area contributed by atoms with Crippen LogP contribution in [0.25, 0.3) is 0 Å². The van der Waals surface area contributed by atoms with Gasteiger partial charge in [0, 0.05) is 0 Å². The van der Waals surface area contributed by atoms with Crippen molar-refractivity contribution in [2.75, 3.05) is 6.54 Å². The van der Waals surface area contributed by atoms with Crippen molar-refractivity contribution in [2.45, 2.75) is 6.54 Å². The number of carboxylic acid groups (broad SMARTS) is 1. The van der Waals surface area contributed by atoms with Gasteiger partial charge in [-0.15, -0.1) is 0 Å². The Morgan fingerprint density at radius 2 is 2.06 bits per heavy atom. The second-order valence-corrected chi connectivity index (χ2v) is 3.60. The molecule has 3 amide bonds. The van der Waals surface area contributed by atoms with E-state index in [1.165, 1.54) is 6.07 Å². The van der Waals surface area contributed by atoms with E-state index in [-0.39, 0.29) is 24.6 Å². The minimum atomic E-state index is -1.08. The third kappa shape index (κ3) is 2.10. The average molecular weight is 234 g/mol. The zero-order chi connectivity index (χ0) is 12.4. The van der Waals surface area contributed by atoms with Gasteiger partial charge in [0.2, 0.25) is 5.91 Å². The molecule has 1 heterocycles. The number of carbonyl (C=O) groups is 3. The Hall–Kier alpha value is -2.37. The van der Waals surface area contributed by atoms with Crippen LogP contribution < -0.4 is 5.32 Å². The van der Waals surface area contributed by atoms with Crippen LogP contribution >= 0.6 is 0 Å². The van der Waals surface area contributed by atoms with Gasteiger partial charge in [-0.25, -0.2) is 9.59 Å². The summed E-state index contributed by atoms with van der Waals surface area (Å²) in [4.78, 5) is 34.6. The standard InChI is InChI=1S/C11H10N2O4/c14-9-5-12-11(17)13(9)6-7-3-1-2-4-8(7)10(15)16/h1-4H,5-6H2,(H,12,17)(H,15,16). The van der Waals surface area contributed by atoms with Crippen molar-refractivity contribution < 1.29 is 19.5 Å². The number of nitrogens with one attached hydrogen (secondary N) is 1. The molecule has 0 atom stereocenters. The molecular weight excluding hydrogens is 224 g/mol. The lowest BCUT2D eigenvalue weighted by molar-refractivity contribution is -0.125. The topological polar surface area (TPSA) is 86.7 Å². The molecule has 2 rings (SSSR count). The summed E-state index contributed by atoms with van der Waals surface area (Å²) in [6.07, 6.45) is 0. The number of benzene rings is 1. The summed E-state index contributed by atoms with van der Waals surface area (Å²) < 4.78 is 0. The van der Waals surface area contributed by atoms with Crippen molar-refractivity contribution >= 4 is 17.9 Å². The maximum atomic E-state index is 11.4. The highest BCUT2D eigenvalue weighted by atomic mass is 16.4. The lowest BCUT2D eigenvalue weighted by Crippen LogP contribution is -2.31. The van der Waals surface area contributed by atoms with Crippen LogP contribution in [0.5, 0.6) is 0 Å². The second-order valence-electron chi connectivity index (χ2n) is 3.60. The monoisotopic (exact) mass is 234 g/mol. The third-order valence-corrected chi connectivity index (χ3v) is 2.51. The molecule has 0 aromatic heterocycles. The van der Waals surface area contributed by atoms with E-state index in [2.05, 4.69) is 5.32 Å². The van der Waals surface area contributed by atoms with Crippen LogP contribution in [0.3, 0.4) is 0 Å². The molecule has 0 bridgehead atoms. The molecule has 6 nitrogen and oxygen atoms in total. The summed E-state index contributed by atoms with van der Waals surface area (Å²) in [5, 5.41) is 11.3. The number of nitrogens with zero attached hydrogens (tertiary/aromatic N) is 1. The molecule has 0 aliphatic carbocycles. The first-order valence-electron chi connectivity index (χ1n) is 4.99. The molecule has 1 aromatic carbocycles. The summed E-state index contributed by atoms with van der Waals surface area (Å²) in [6.45, 7) is -0.0544. The molecule has 1 aliphatic rings. The van der Waals surface area contributed by atoms with Gasteiger partial charge in [0.05, 0.1) is 18.7 Å². The van der Waals surface area contributed by atoms with E-state index >= 15 is 0 Å². The lowest BCUT2D eigenvalue weighted by atomic mass is 10.1. The van der Waals surface area contributed by atoms with Crippen LogP contribution in [0.2, 0.25) is 0 Å². The number of hydrogen-bond donors (Lipinski definition) is 2. The maximum Gasteiger partial charge on any atom is 0.336 e. The van der Waals surface area contributed by atoms with E-state index in [0.717, 1.165) is 4.90 Å². The number of amides is 3. The Balaban J connectivity index is 2.27. The number of rotatable bonds is 3. The van der Waals surface area contributed by atoms with E-state index in [0.29, 0.717) is 5.56 Å². The molecule has 2 N–H and O–H groups in total. The molecule has 17 heavy (non-hydrogen) atoms. The zero-order valence-corrected chi connectivity index (χ0v) is 8.84. The first kappa shape index (κ1) is 11.1. The summed E-state index contributed by atoms with van der Waals surface area (Å²) in [6, 6.07) is 5.80. The summed E-state index contributed by atoms with van der Waals surface area (Å²) in [7, 11) is 0. The molecule has 88 valence electrons. The highest BCUT2D eigenvalue weighted by Crippen LogP contribution is 2.13. The fraction of sp³-hybridized carbons (Fsp3) is 0.182. The molecule has 1 aliphatic heterocycles. The molecule has 0 radical (unpaired) electrons. The number of hydrogen-bond acceptors (Lipinski definition) is 3. The summed E-state index contributed by atoms with van der Waals surface area (Å²) in [5.41, 5.74) is 0.533. The lowest BCUT2D eigenvalue weighted by Gasteiger charge is -2.13. The van der Waals surface area contributed by atoms with Gasteiger partial charge >= 0.3 is 12.0 Å². The number of carboxylic acids is 1. The van der Waals surface area contributed by atoms with Gasteiger partial charge in [0.25, 0.3) is 0 Å². The molecule has 1 fully saturated rings. The average Bonchev–Trinajstić information content (AvgIpc) is 2.61. The predicted molar refractivity (Wildman–Crippen MR) is 57.4 cm³/mol. The first-order valence-corrected chi connectivity index (χ1v) is 4.99. The van der Waals surface area contributed by atoms with E-state index < -0.39 is 12.0 Å². The van der Waals surface area contributed by atoms with Crippen LogP contribution in [-0.2, 0) is 11.3 Å². The minimum absolute atomic E-state index is 0.0207. The van der Waals surface area contributed by atoms with Crippen molar-refractivity contribution in [3.8, 4) is 0 Å². The maximum absolute atomic E-state index is 11.4. The van der Waals surface area contributed by atoms with Crippen LogP contribution in [0.15, 0.2) is 24.3 Å². The SMILES string of the molecule is O=C(O)c1ccccc1CN1C(=O)CNC1=O. The predicted octanol–water partition coefficient (Wildman–Crippen LogP) is 0.437. The molecule has 6 heteroatoms. The quantitative estimate of drug-likeness (QED) is 0.743. The Labute approximate surface area is 96.8 Å². The van der Waals surface area contributed by atoms with E-state index in [1.807, 2.05) is 0 Å². The summed E-state index contributed by atoms with van der Waals surface area (Å²) in [5.74, 6) is -1.43. The van der Waals surface area contributed by atoms with Crippen molar-refractivity contribution in [2.24, 2.45) is 0 Å². The molecule has 0 saturated carbocycles. The Bertz CT molecular complexity index is 482. The Morgan fingerprint density at radius 1 is 1.35 bits per heavy atom. The van der Waals surface area contributed by atoms with Crippen molar-refractivity contribution in [1.82, 2.24) is 10.2 Å². The first-order chi connectivity index (χ1) is 8.09. The fourth-order valence-electron chi connectivity index (χ4n) is 1.65. The van der Waals surface area contributed by atoms with Gasteiger partial charge < -0.3 is 10.4 Å². The Kier molecular flexibility index (Phi) is 2.78. The molecule has 1 saturated heterocycles. The van der Waals surface area contributed by atoms with E-state index in [9.17, 15) is 14.4 Å². The Morgan fingerprint density at radius 3 is 2.65 bits per heavy atom. The van der Waals surface area contributed by atoms with Gasteiger partial charge in [0.1, 0.15) is 0 Å². The zero-order valence-electron chi connectivity index (χ0n) is 8.84. The fourth-order valence-corrected chi connectivity index (χ4v) is 1.65. The van der Waals surface area contributed by atoms with Crippen LogP contribution in [0.4, 0.5) is 4.79 Å². The van der Waals surface area contributed by atoms with Crippen LogP contribution in [0, 0.1) is 0 Å². The number of urea groups is 1.